The van der Waals surface area contributed by atoms with Crippen molar-refractivity contribution < 1.29 is 14.1 Å². The van der Waals surface area contributed by atoms with Gasteiger partial charge in [0.2, 0.25) is 5.82 Å². The molecule has 30 heavy (non-hydrogen) atoms. The highest BCUT2D eigenvalue weighted by atomic mass is 16.5. The highest BCUT2D eigenvalue weighted by Crippen LogP contribution is 2.37. The number of hydrogen-bond donors (Lipinski definition) is 2. The SMILES string of the molecule is Cc1noc(C)c1-c1cc(NC(=O)c2ncnn2C)ccc1OCC1CCCCN1. The number of ether oxygens (including phenoxy) is 1. The Hall–Kier alpha value is -3.20. The summed E-state index contributed by atoms with van der Waals surface area (Å²) in [6.45, 7) is 5.37. The Labute approximate surface area is 174 Å². The lowest BCUT2D eigenvalue weighted by Gasteiger charge is -2.24. The Morgan fingerprint density at radius 1 is 1.37 bits per heavy atom. The van der Waals surface area contributed by atoms with Gasteiger partial charge in [0.15, 0.2) is 0 Å². The van der Waals surface area contributed by atoms with Crippen LogP contribution in [0.3, 0.4) is 0 Å². The van der Waals surface area contributed by atoms with E-state index in [1.165, 1.54) is 23.9 Å². The van der Waals surface area contributed by atoms with Crippen LogP contribution in [0.15, 0.2) is 29.0 Å². The molecule has 1 saturated heterocycles. The number of aryl methyl sites for hydroxylation is 3. The summed E-state index contributed by atoms with van der Waals surface area (Å²) in [7, 11) is 1.67. The molecule has 0 saturated carbocycles. The Morgan fingerprint density at radius 2 is 2.23 bits per heavy atom. The summed E-state index contributed by atoms with van der Waals surface area (Å²) in [5, 5.41) is 14.4. The smallest absolute Gasteiger partial charge is 0.293 e. The van der Waals surface area contributed by atoms with Crippen molar-refractivity contribution in [2.24, 2.45) is 7.05 Å². The monoisotopic (exact) mass is 410 g/mol. The lowest BCUT2D eigenvalue weighted by Crippen LogP contribution is -2.38. The van der Waals surface area contributed by atoms with Gasteiger partial charge in [-0.25, -0.2) is 9.67 Å². The van der Waals surface area contributed by atoms with Gasteiger partial charge in [-0.3, -0.25) is 4.79 Å². The summed E-state index contributed by atoms with van der Waals surface area (Å²) in [6, 6.07) is 5.91. The number of rotatable bonds is 6. The van der Waals surface area contributed by atoms with Crippen LogP contribution in [0.5, 0.6) is 5.75 Å². The van der Waals surface area contributed by atoms with Crippen molar-refractivity contribution >= 4 is 11.6 Å². The second kappa shape index (κ2) is 8.66. The van der Waals surface area contributed by atoms with E-state index in [1.807, 2.05) is 32.0 Å². The van der Waals surface area contributed by atoms with Gasteiger partial charge in [0.25, 0.3) is 5.91 Å². The molecule has 1 fully saturated rings. The summed E-state index contributed by atoms with van der Waals surface area (Å²) in [6.07, 6.45) is 4.87. The second-order valence-corrected chi connectivity index (χ2v) is 7.53. The topological polar surface area (TPSA) is 107 Å². The van der Waals surface area contributed by atoms with Gasteiger partial charge in [-0.15, -0.1) is 0 Å². The van der Waals surface area contributed by atoms with E-state index in [1.54, 1.807) is 7.05 Å². The molecule has 1 amide bonds. The Kier molecular flexibility index (Phi) is 5.80. The first-order valence-corrected chi connectivity index (χ1v) is 10.1. The fourth-order valence-electron chi connectivity index (χ4n) is 3.74. The number of piperidine rings is 1. The van der Waals surface area contributed by atoms with Gasteiger partial charge in [-0.1, -0.05) is 11.6 Å². The number of hydrogen-bond acceptors (Lipinski definition) is 7. The van der Waals surface area contributed by atoms with Crippen LogP contribution in [-0.2, 0) is 7.05 Å². The third kappa shape index (κ3) is 4.20. The third-order valence-corrected chi connectivity index (χ3v) is 5.31. The predicted octanol–water partition coefficient (Wildman–Crippen LogP) is 2.86. The molecule has 3 aromatic rings. The van der Waals surface area contributed by atoms with E-state index in [0.29, 0.717) is 24.1 Å². The van der Waals surface area contributed by atoms with Gasteiger partial charge in [-0.05, 0) is 51.4 Å². The van der Waals surface area contributed by atoms with Crippen LogP contribution in [-0.4, -0.2) is 45.0 Å². The number of carbonyl (C=O) groups is 1. The fraction of sp³-hybridized carbons (Fsp3) is 0.429. The Morgan fingerprint density at radius 3 is 2.90 bits per heavy atom. The van der Waals surface area contributed by atoms with E-state index in [0.717, 1.165) is 35.5 Å². The fourth-order valence-corrected chi connectivity index (χ4v) is 3.74. The average Bonchev–Trinajstić information content (AvgIpc) is 3.32. The van der Waals surface area contributed by atoms with Gasteiger partial charge in [0.1, 0.15) is 24.4 Å². The standard InChI is InChI=1S/C21H26N6O3/c1-13-19(14(2)30-26-13)17-10-15(25-21(28)20-23-12-24-27(20)3)7-8-18(17)29-11-16-6-4-5-9-22-16/h7-8,10,12,16,22H,4-6,9,11H2,1-3H3,(H,25,28). The minimum atomic E-state index is -0.334. The van der Waals surface area contributed by atoms with Gasteiger partial charge < -0.3 is 19.9 Å². The van der Waals surface area contributed by atoms with Crippen LogP contribution >= 0.6 is 0 Å². The number of aromatic nitrogens is 4. The summed E-state index contributed by atoms with van der Waals surface area (Å²) < 4.78 is 13.0. The molecule has 1 aliphatic heterocycles. The molecule has 1 aromatic carbocycles. The molecule has 0 spiro atoms. The first-order chi connectivity index (χ1) is 14.5. The molecule has 158 valence electrons. The lowest BCUT2D eigenvalue weighted by atomic mass is 10.0. The van der Waals surface area contributed by atoms with Crippen molar-refractivity contribution in [2.45, 2.75) is 39.2 Å². The number of nitrogens with one attached hydrogen (secondary N) is 2. The first-order valence-electron chi connectivity index (χ1n) is 10.1. The van der Waals surface area contributed by atoms with Crippen LogP contribution in [0, 0.1) is 13.8 Å². The third-order valence-electron chi connectivity index (χ3n) is 5.31. The van der Waals surface area contributed by atoms with Crippen LogP contribution in [0.4, 0.5) is 5.69 Å². The summed E-state index contributed by atoms with van der Waals surface area (Å²) in [5.74, 6) is 1.33. The van der Waals surface area contributed by atoms with Gasteiger partial charge in [-0.2, -0.15) is 5.10 Å². The van der Waals surface area contributed by atoms with E-state index in [9.17, 15) is 4.79 Å². The second-order valence-electron chi connectivity index (χ2n) is 7.53. The van der Waals surface area contributed by atoms with Crippen LogP contribution < -0.4 is 15.4 Å². The molecule has 1 aliphatic rings. The Balaban J connectivity index is 1.61. The first kappa shape index (κ1) is 20.1. The molecule has 0 radical (unpaired) electrons. The van der Waals surface area contributed by atoms with E-state index in [2.05, 4.69) is 25.9 Å². The molecule has 0 aliphatic carbocycles. The zero-order chi connectivity index (χ0) is 21.1. The highest BCUT2D eigenvalue weighted by molar-refractivity contribution is 6.02. The summed E-state index contributed by atoms with van der Waals surface area (Å²) in [5.41, 5.74) is 3.10. The van der Waals surface area contributed by atoms with Crippen molar-refractivity contribution in [1.29, 1.82) is 0 Å². The lowest BCUT2D eigenvalue weighted by molar-refractivity contribution is 0.101. The molecule has 4 rings (SSSR count). The van der Waals surface area contributed by atoms with Gasteiger partial charge in [0, 0.05) is 24.3 Å². The number of anilines is 1. The normalized spacial score (nSPS) is 16.4. The maximum Gasteiger partial charge on any atom is 0.293 e. The summed E-state index contributed by atoms with van der Waals surface area (Å²) >= 11 is 0. The Bertz CT molecular complexity index is 1020. The molecule has 9 heteroatoms. The van der Waals surface area contributed by atoms with Gasteiger partial charge >= 0.3 is 0 Å². The maximum atomic E-state index is 12.5. The predicted molar refractivity (Wildman–Crippen MR) is 112 cm³/mol. The van der Waals surface area contributed by atoms with Gasteiger partial charge in [0.05, 0.1) is 11.3 Å². The average molecular weight is 410 g/mol. The minimum Gasteiger partial charge on any atom is -0.491 e. The van der Waals surface area contributed by atoms with Crippen LogP contribution in [0.1, 0.15) is 41.3 Å². The zero-order valence-electron chi connectivity index (χ0n) is 17.4. The number of carbonyl (C=O) groups excluding carboxylic acids is 1. The molecule has 2 N–H and O–H groups in total. The molecule has 9 nitrogen and oxygen atoms in total. The molecular weight excluding hydrogens is 384 g/mol. The molecule has 0 bridgehead atoms. The van der Waals surface area contributed by atoms with Crippen molar-refractivity contribution in [3.05, 3.63) is 41.8 Å². The molecule has 3 heterocycles. The van der Waals surface area contributed by atoms with Crippen LogP contribution in [0.25, 0.3) is 11.1 Å². The number of nitrogens with zero attached hydrogens (tertiary/aromatic N) is 4. The largest absolute Gasteiger partial charge is 0.491 e. The van der Waals surface area contributed by atoms with E-state index >= 15 is 0 Å². The van der Waals surface area contributed by atoms with Crippen molar-refractivity contribution in [3.63, 3.8) is 0 Å². The minimum absolute atomic E-state index is 0.234. The van der Waals surface area contributed by atoms with Crippen molar-refractivity contribution in [1.82, 2.24) is 25.2 Å². The quantitative estimate of drug-likeness (QED) is 0.643. The molecule has 1 atom stereocenters. The molecule has 2 aromatic heterocycles. The van der Waals surface area contributed by atoms with Crippen LogP contribution in [0.2, 0.25) is 0 Å². The highest BCUT2D eigenvalue weighted by Gasteiger charge is 2.20. The number of benzene rings is 1. The number of amides is 1. The summed E-state index contributed by atoms with van der Waals surface area (Å²) in [4.78, 5) is 16.5. The zero-order valence-corrected chi connectivity index (χ0v) is 17.4. The molecular formula is C21H26N6O3. The van der Waals surface area contributed by atoms with Crippen molar-refractivity contribution in [3.8, 4) is 16.9 Å². The van der Waals surface area contributed by atoms with E-state index < -0.39 is 0 Å². The van der Waals surface area contributed by atoms with Crippen molar-refractivity contribution in [2.75, 3.05) is 18.5 Å². The maximum absolute atomic E-state index is 12.5. The van der Waals surface area contributed by atoms with E-state index in [4.69, 9.17) is 9.26 Å². The van der Waals surface area contributed by atoms with E-state index in [-0.39, 0.29) is 11.7 Å². The molecule has 1 unspecified atom stereocenters.